The van der Waals surface area contributed by atoms with Crippen molar-refractivity contribution in [3.05, 3.63) is 143 Å². The molecule has 0 fully saturated rings. The number of fused-ring (bicyclic) bond motifs is 2. The summed E-state index contributed by atoms with van der Waals surface area (Å²) in [6.07, 6.45) is 6.17. The van der Waals surface area contributed by atoms with E-state index < -0.39 is 0 Å². The Balaban J connectivity index is 0.000000186. The van der Waals surface area contributed by atoms with Crippen molar-refractivity contribution >= 4 is 56.6 Å². The first-order chi connectivity index (χ1) is 21.1. The SMILES string of the molecule is CN.CNCC[C@@H](c1ccccc1)n1ccc2c(Cl)cccc21.ClCC[C@@H](c1ccccc1)n1ccc2c(Cl)cccc21. The van der Waals surface area contributed by atoms with Crippen LogP contribution in [-0.2, 0) is 0 Å². The van der Waals surface area contributed by atoms with Crippen LogP contribution in [-0.4, -0.2) is 35.7 Å². The van der Waals surface area contributed by atoms with Crippen LogP contribution in [0.15, 0.2) is 122 Å². The van der Waals surface area contributed by atoms with Gasteiger partial charge in [-0.05, 0) is 81.0 Å². The zero-order chi connectivity index (χ0) is 30.6. The fraction of sp³-hybridized carbons (Fsp3) is 0.222. The second-order valence-corrected chi connectivity index (χ2v) is 11.2. The molecule has 2 heterocycles. The van der Waals surface area contributed by atoms with E-state index in [1.165, 1.54) is 23.7 Å². The Morgan fingerprint density at radius 1 is 0.605 bits per heavy atom. The van der Waals surface area contributed by atoms with E-state index in [4.69, 9.17) is 34.8 Å². The van der Waals surface area contributed by atoms with Gasteiger partial charge in [0.2, 0.25) is 0 Å². The standard InChI is InChI=1S/C18H19ClN2.C17H15Cl2N.CH5N/c1-20-12-10-17(14-6-3-2-4-7-14)21-13-11-15-16(19)8-5-9-18(15)21;18-11-9-16(13-5-2-1-3-6-13)20-12-10-14-15(19)7-4-8-17(14)20;1-2/h2-9,11,13,17,20H,10,12H2,1H3;1-8,10,12,16H,9,11H2;2H2,1H3/t17-;16-;/m00./s1. The van der Waals surface area contributed by atoms with Crippen LogP contribution in [0.2, 0.25) is 10.0 Å². The number of hydrogen-bond acceptors (Lipinski definition) is 2. The average Bonchev–Trinajstić information content (AvgIpc) is 3.69. The van der Waals surface area contributed by atoms with Gasteiger partial charge >= 0.3 is 0 Å². The van der Waals surface area contributed by atoms with E-state index in [1.54, 1.807) is 0 Å². The van der Waals surface area contributed by atoms with E-state index in [2.05, 4.69) is 111 Å². The maximum Gasteiger partial charge on any atom is 0.0598 e. The van der Waals surface area contributed by atoms with E-state index in [-0.39, 0.29) is 6.04 Å². The fourth-order valence-electron chi connectivity index (χ4n) is 5.51. The second kappa shape index (κ2) is 16.6. The van der Waals surface area contributed by atoms with Crippen molar-refractivity contribution in [2.75, 3.05) is 26.5 Å². The van der Waals surface area contributed by atoms with Crippen molar-refractivity contribution in [2.45, 2.75) is 24.9 Å². The number of nitrogens with one attached hydrogen (secondary N) is 1. The molecule has 0 aliphatic heterocycles. The Bertz CT molecular complexity index is 1680. The molecule has 7 heteroatoms. The topological polar surface area (TPSA) is 47.9 Å². The van der Waals surface area contributed by atoms with E-state index in [0.29, 0.717) is 11.9 Å². The molecule has 0 radical (unpaired) electrons. The molecule has 0 saturated heterocycles. The molecule has 2 atom stereocenters. The van der Waals surface area contributed by atoms with Gasteiger partial charge in [-0.3, -0.25) is 0 Å². The third-order valence-corrected chi connectivity index (χ3v) is 8.39. The van der Waals surface area contributed by atoms with Gasteiger partial charge in [-0.2, -0.15) is 0 Å². The highest BCUT2D eigenvalue weighted by atomic mass is 35.5. The van der Waals surface area contributed by atoms with Crippen LogP contribution in [0.3, 0.4) is 0 Å². The van der Waals surface area contributed by atoms with Gasteiger partial charge in [0.1, 0.15) is 0 Å². The number of nitrogens with zero attached hydrogens (tertiary/aromatic N) is 2. The zero-order valence-corrected chi connectivity index (χ0v) is 26.9. The highest BCUT2D eigenvalue weighted by Gasteiger charge is 2.17. The molecule has 0 bridgehead atoms. The minimum Gasteiger partial charge on any atom is -0.340 e. The third kappa shape index (κ3) is 7.83. The zero-order valence-electron chi connectivity index (χ0n) is 24.6. The summed E-state index contributed by atoms with van der Waals surface area (Å²) in [5.74, 6) is 0.625. The molecule has 0 unspecified atom stereocenters. The molecule has 4 nitrogen and oxygen atoms in total. The highest BCUT2D eigenvalue weighted by molar-refractivity contribution is 6.35. The minimum absolute atomic E-state index is 0.240. The average molecular weight is 634 g/mol. The Morgan fingerprint density at radius 2 is 1.05 bits per heavy atom. The largest absolute Gasteiger partial charge is 0.340 e. The van der Waals surface area contributed by atoms with Gasteiger partial charge in [0.05, 0.1) is 23.1 Å². The lowest BCUT2D eigenvalue weighted by atomic mass is 10.0. The fourth-order valence-corrected chi connectivity index (χ4v) is 6.18. The van der Waals surface area contributed by atoms with Crippen LogP contribution >= 0.6 is 34.8 Å². The van der Waals surface area contributed by atoms with Gasteiger partial charge in [-0.25, -0.2) is 0 Å². The smallest absolute Gasteiger partial charge is 0.0598 e. The normalized spacial score (nSPS) is 12.2. The number of hydrogen-bond donors (Lipinski definition) is 2. The number of benzene rings is 4. The van der Waals surface area contributed by atoms with Crippen LogP contribution in [0.1, 0.15) is 36.1 Å². The third-order valence-electron chi connectivity index (χ3n) is 7.51. The molecule has 0 spiro atoms. The number of rotatable bonds is 9. The van der Waals surface area contributed by atoms with Gasteiger partial charge in [0, 0.05) is 39.1 Å². The van der Waals surface area contributed by atoms with Crippen LogP contribution in [0, 0.1) is 0 Å². The predicted molar refractivity (Wildman–Crippen MR) is 187 cm³/mol. The van der Waals surface area contributed by atoms with Crippen LogP contribution in [0.25, 0.3) is 21.8 Å². The summed E-state index contributed by atoms with van der Waals surface area (Å²) in [5.41, 5.74) is 9.43. The quantitative estimate of drug-likeness (QED) is 0.156. The molecular weight excluding hydrogens is 595 g/mol. The van der Waals surface area contributed by atoms with Gasteiger partial charge < -0.3 is 20.2 Å². The van der Waals surface area contributed by atoms with E-state index >= 15 is 0 Å². The van der Waals surface area contributed by atoms with Gasteiger partial charge in [0.25, 0.3) is 0 Å². The number of alkyl halides is 1. The van der Waals surface area contributed by atoms with Crippen molar-refractivity contribution in [1.29, 1.82) is 0 Å². The second-order valence-electron chi connectivity index (χ2n) is 10.0. The minimum atomic E-state index is 0.240. The molecule has 6 rings (SSSR count). The molecule has 2 aromatic heterocycles. The summed E-state index contributed by atoms with van der Waals surface area (Å²) in [5, 5.41) is 7.06. The molecule has 43 heavy (non-hydrogen) atoms. The molecule has 224 valence electrons. The van der Waals surface area contributed by atoms with Crippen molar-refractivity contribution in [1.82, 2.24) is 14.5 Å². The Morgan fingerprint density at radius 3 is 1.47 bits per heavy atom. The lowest BCUT2D eigenvalue weighted by molar-refractivity contribution is 0.539. The molecular formula is C36H39Cl3N4. The van der Waals surface area contributed by atoms with Gasteiger partial charge in [-0.1, -0.05) is 96.0 Å². The number of nitrogens with two attached hydrogens (primary N) is 1. The number of aromatic nitrogens is 2. The van der Waals surface area contributed by atoms with Gasteiger partial charge in [-0.15, -0.1) is 11.6 Å². The first-order valence-corrected chi connectivity index (χ1v) is 15.8. The van der Waals surface area contributed by atoms with Gasteiger partial charge in [0.15, 0.2) is 0 Å². The number of halogens is 3. The van der Waals surface area contributed by atoms with E-state index in [9.17, 15) is 0 Å². The van der Waals surface area contributed by atoms with Crippen molar-refractivity contribution in [3.63, 3.8) is 0 Å². The lowest BCUT2D eigenvalue weighted by Crippen LogP contribution is -2.17. The Labute approximate surface area is 270 Å². The summed E-state index contributed by atoms with van der Waals surface area (Å²) < 4.78 is 4.59. The maximum atomic E-state index is 6.30. The molecule has 6 aromatic rings. The van der Waals surface area contributed by atoms with Crippen molar-refractivity contribution in [3.8, 4) is 0 Å². The van der Waals surface area contributed by atoms with Crippen LogP contribution in [0.4, 0.5) is 0 Å². The Kier molecular flexibility index (Phi) is 12.6. The summed E-state index contributed by atoms with van der Waals surface area (Å²) in [4.78, 5) is 0. The Hall–Kier alpha value is -3.25. The summed E-state index contributed by atoms with van der Waals surface area (Å²) in [6, 6.07) is 37.9. The lowest BCUT2D eigenvalue weighted by Gasteiger charge is -2.21. The van der Waals surface area contributed by atoms with E-state index in [1.807, 2.05) is 37.4 Å². The van der Waals surface area contributed by atoms with E-state index in [0.717, 1.165) is 45.7 Å². The highest BCUT2D eigenvalue weighted by Crippen LogP contribution is 2.32. The molecule has 0 saturated carbocycles. The first-order valence-electron chi connectivity index (χ1n) is 14.5. The summed E-state index contributed by atoms with van der Waals surface area (Å²) in [7, 11) is 3.49. The molecule has 3 N–H and O–H groups in total. The molecule has 0 aliphatic carbocycles. The first kappa shape index (κ1) is 32.7. The molecule has 4 aromatic carbocycles. The van der Waals surface area contributed by atoms with Crippen molar-refractivity contribution in [2.24, 2.45) is 5.73 Å². The summed E-state index contributed by atoms with van der Waals surface area (Å²) in [6.45, 7) is 0.972. The van der Waals surface area contributed by atoms with Crippen molar-refractivity contribution < 1.29 is 0 Å². The maximum absolute atomic E-state index is 6.30. The van der Waals surface area contributed by atoms with Crippen LogP contribution in [0.5, 0.6) is 0 Å². The van der Waals surface area contributed by atoms with Crippen LogP contribution < -0.4 is 11.1 Å². The molecule has 0 aliphatic rings. The summed E-state index contributed by atoms with van der Waals surface area (Å²) >= 11 is 18.6. The monoisotopic (exact) mass is 632 g/mol. The predicted octanol–water partition coefficient (Wildman–Crippen LogP) is 9.58. The molecule has 0 amide bonds.